The van der Waals surface area contributed by atoms with Gasteiger partial charge in [0.1, 0.15) is 11.3 Å². The number of amides is 1. The van der Waals surface area contributed by atoms with Crippen molar-refractivity contribution in [3.05, 3.63) is 29.7 Å². The Morgan fingerprint density at radius 3 is 2.86 bits per heavy atom. The van der Waals surface area contributed by atoms with E-state index in [1.165, 1.54) is 11.3 Å². The second-order valence-corrected chi connectivity index (χ2v) is 6.48. The fourth-order valence-electron chi connectivity index (χ4n) is 1.76. The number of hydrogen-bond acceptors (Lipinski definition) is 5. The molecule has 118 valence electrons. The molecule has 7 heteroatoms. The summed E-state index contributed by atoms with van der Waals surface area (Å²) in [5, 5.41) is 14.4. The summed E-state index contributed by atoms with van der Waals surface area (Å²) in [7, 11) is 0. The molecule has 2 rings (SSSR count). The van der Waals surface area contributed by atoms with Crippen LogP contribution in [0.3, 0.4) is 0 Å². The van der Waals surface area contributed by atoms with Crippen LogP contribution >= 0.6 is 11.3 Å². The van der Waals surface area contributed by atoms with Crippen molar-refractivity contribution in [2.75, 3.05) is 6.54 Å². The molecular formula is C15H18N2O4S. The molecule has 2 heterocycles. The molecule has 2 aromatic heterocycles. The monoisotopic (exact) mass is 322 g/mol. The second-order valence-electron chi connectivity index (χ2n) is 5.62. The van der Waals surface area contributed by atoms with E-state index in [9.17, 15) is 9.59 Å². The van der Waals surface area contributed by atoms with Gasteiger partial charge in [-0.1, -0.05) is 0 Å². The molecule has 0 aliphatic carbocycles. The molecular weight excluding hydrogens is 304 g/mol. The number of thiazole rings is 1. The van der Waals surface area contributed by atoms with Gasteiger partial charge in [-0.2, -0.15) is 0 Å². The zero-order valence-corrected chi connectivity index (χ0v) is 13.3. The Bertz CT molecular complexity index is 646. The summed E-state index contributed by atoms with van der Waals surface area (Å²) >= 11 is 1.45. The minimum atomic E-state index is -0.869. The van der Waals surface area contributed by atoms with Crippen molar-refractivity contribution in [1.29, 1.82) is 0 Å². The summed E-state index contributed by atoms with van der Waals surface area (Å²) in [6.45, 7) is 3.61. The molecule has 2 aromatic rings. The number of aliphatic carboxylic acids is 1. The number of carbonyl (C=O) groups is 2. The van der Waals surface area contributed by atoms with Gasteiger partial charge in [-0.05, 0) is 26.3 Å². The first-order valence-electron chi connectivity index (χ1n) is 6.85. The molecule has 0 radical (unpaired) electrons. The quantitative estimate of drug-likeness (QED) is 0.817. The van der Waals surface area contributed by atoms with E-state index in [0.717, 1.165) is 10.6 Å². The maximum absolute atomic E-state index is 11.9. The highest BCUT2D eigenvalue weighted by Gasteiger charge is 2.26. The van der Waals surface area contributed by atoms with Crippen LogP contribution in [0, 0.1) is 5.41 Å². The van der Waals surface area contributed by atoms with Gasteiger partial charge in [0, 0.05) is 17.5 Å². The summed E-state index contributed by atoms with van der Waals surface area (Å²) < 4.78 is 5.00. The first-order valence-corrected chi connectivity index (χ1v) is 7.73. The third-order valence-corrected chi connectivity index (χ3v) is 4.25. The number of nitrogens with zero attached hydrogens (tertiary/aromatic N) is 1. The molecule has 0 fully saturated rings. The molecule has 0 aromatic carbocycles. The molecule has 6 nitrogen and oxygen atoms in total. The zero-order chi connectivity index (χ0) is 16.2. The van der Waals surface area contributed by atoms with Gasteiger partial charge in [0.15, 0.2) is 0 Å². The van der Waals surface area contributed by atoms with E-state index >= 15 is 0 Å². The van der Waals surface area contributed by atoms with E-state index in [1.807, 2.05) is 11.4 Å². The van der Waals surface area contributed by atoms with Crippen molar-refractivity contribution in [1.82, 2.24) is 10.3 Å². The van der Waals surface area contributed by atoms with Crippen LogP contribution < -0.4 is 5.32 Å². The van der Waals surface area contributed by atoms with Gasteiger partial charge in [-0.3, -0.25) is 9.59 Å². The van der Waals surface area contributed by atoms with Gasteiger partial charge in [0.2, 0.25) is 5.91 Å². The van der Waals surface area contributed by atoms with E-state index in [4.69, 9.17) is 9.52 Å². The fraction of sp³-hybridized carbons (Fsp3) is 0.400. The Morgan fingerprint density at radius 1 is 1.45 bits per heavy atom. The molecule has 1 amide bonds. The van der Waals surface area contributed by atoms with Gasteiger partial charge < -0.3 is 14.8 Å². The van der Waals surface area contributed by atoms with Crippen LogP contribution in [-0.2, 0) is 16.0 Å². The lowest BCUT2D eigenvalue weighted by atomic mass is 9.90. The van der Waals surface area contributed by atoms with Crippen molar-refractivity contribution < 1.29 is 19.1 Å². The average molecular weight is 322 g/mol. The number of carboxylic acid groups (broad SMARTS) is 1. The molecule has 0 bridgehead atoms. The standard InChI is InChI=1S/C15H18N2O4S/c1-15(2,14(19)20)4-5-16-12(18)7-11-9-22-13(17-11)10-3-6-21-8-10/h3,6,8-9H,4-5,7H2,1-2H3,(H,16,18)(H,19,20). The lowest BCUT2D eigenvalue weighted by molar-refractivity contribution is -0.147. The van der Waals surface area contributed by atoms with Gasteiger partial charge in [0.05, 0.1) is 23.8 Å². The van der Waals surface area contributed by atoms with Crippen molar-refractivity contribution in [3.63, 3.8) is 0 Å². The summed E-state index contributed by atoms with van der Waals surface area (Å²) in [5.74, 6) is -1.03. The molecule has 2 N–H and O–H groups in total. The number of aromatic nitrogens is 1. The maximum Gasteiger partial charge on any atom is 0.309 e. The van der Waals surface area contributed by atoms with Crippen LogP contribution in [-0.4, -0.2) is 28.5 Å². The molecule has 0 unspecified atom stereocenters. The Balaban J connectivity index is 1.82. The van der Waals surface area contributed by atoms with Gasteiger partial charge in [-0.25, -0.2) is 4.98 Å². The summed E-state index contributed by atoms with van der Waals surface area (Å²) in [5.41, 5.74) is 0.735. The topological polar surface area (TPSA) is 92.4 Å². The van der Waals surface area contributed by atoms with Crippen molar-refractivity contribution in [2.45, 2.75) is 26.7 Å². The van der Waals surface area contributed by atoms with Crippen LogP contribution in [0.2, 0.25) is 0 Å². The lowest BCUT2D eigenvalue weighted by Gasteiger charge is -2.18. The number of nitrogens with one attached hydrogen (secondary N) is 1. The predicted octanol–water partition coefficient (Wildman–Crippen LogP) is 2.56. The number of carboxylic acids is 1. The van der Waals surface area contributed by atoms with E-state index in [0.29, 0.717) is 18.7 Å². The first-order chi connectivity index (χ1) is 10.4. The van der Waals surface area contributed by atoms with E-state index in [1.54, 1.807) is 26.4 Å². The van der Waals surface area contributed by atoms with E-state index < -0.39 is 11.4 Å². The van der Waals surface area contributed by atoms with E-state index in [2.05, 4.69) is 10.3 Å². The maximum atomic E-state index is 11.9. The zero-order valence-electron chi connectivity index (χ0n) is 12.5. The van der Waals surface area contributed by atoms with Crippen molar-refractivity contribution in [3.8, 4) is 10.6 Å². The van der Waals surface area contributed by atoms with E-state index in [-0.39, 0.29) is 12.3 Å². The highest BCUT2D eigenvalue weighted by atomic mass is 32.1. The van der Waals surface area contributed by atoms with Crippen LogP contribution in [0.15, 0.2) is 28.4 Å². The molecule has 0 spiro atoms. The highest BCUT2D eigenvalue weighted by Crippen LogP contribution is 2.24. The number of carbonyl (C=O) groups excluding carboxylic acids is 1. The van der Waals surface area contributed by atoms with Crippen LogP contribution in [0.5, 0.6) is 0 Å². The molecule has 0 atom stereocenters. The normalized spacial score (nSPS) is 11.4. The predicted molar refractivity (Wildman–Crippen MR) is 82.6 cm³/mol. The Labute approximate surface area is 132 Å². The number of rotatable bonds is 7. The molecule has 0 saturated heterocycles. The minimum Gasteiger partial charge on any atom is -0.481 e. The Morgan fingerprint density at radius 2 is 2.23 bits per heavy atom. The third kappa shape index (κ3) is 4.17. The summed E-state index contributed by atoms with van der Waals surface area (Å²) in [6, 6.07) is 1.82. The SMILES string of the molecule is CC(C)(CCNC(=O)Cc1csc(-c2ccoc2)n1)C(=O)O. The van der Waals surface area contributed by atoms with Crippen LogP contribution in [0.25, 0.3) is 10.6 Å². The molecule has 0 saturated carbocycles. The molecule has 0 aliphatic rings. The Kier molecular flexibility index (Phi) is 4.97. The lowest BCUT2D eigenvalue weighted by Crippen LogP contribution is -2.32. The average Bonchev–Trinajstić information content (AvgIpc) is 3.08. The number of furan rings is 1. The minimum absolute atomic E-state index is 0.162. The first kappa shape index (κ1) is 16.2. The fourth-order valence-corrected chi connectivity index (χ4v) is 2.56. The van der Waals surface area contributed by atoms with Crippen molar-refractivity contribution in [2.24, 2.45) is 5.41 Å². The Hall–Kier alpha value is -2.15. The molecule has 22 heavy (non-hydrogen) atoms. The van der Waals surface area contributed by atoms with Gasteiger partial charge >= 0.3 is 5.97 Å². The largest absolute Gasteiger partial charge is 0.481 e. The highest BCUT2D eigenvalue weighted by molar-refractivity contribution is 7.13. The van der Waals surface area contributed by atoms with Crippen molar-refractivity contribution >= 4 is 23.2 Å². The molecule has 0 aliphatic heterocycles. The van der Waals surface area contributed by atoms with Crippen LogP contribution in [0.4, 0.5) is 0 Å². The second kappa shape index (κ2) is 6.74. The third-order valence-electron chi connectivity index (χ3n) is 3.31. The number of hydrogen-bond donors (Lipinski definition) is 2. The smallest absolute Gasteiger partial charge is 0.309 e. The van der Waals surface area contributed by atoms with Gasteiger partial charge in [-0.15, -0.1) is 11.3 Å². The van der Waals surface area contributed by atoms with Crippen LogP contribution in [0.1, 0.15) is 26.0 Å². The van der Waals surface area contributed by atoms with Gasteiger partial charge in [0.25, 0.3) is 0 Å². The summed E-state index contributed by atoms with van der Waals surface area (Å²) in [6.07, 6.45) is 3.75. The summed E-state index contributed by atoms with van der Waals surface area (Å²) in [4.78, 5) is 27.2.